The van der Waals surface area contributed by atoms with E-state index in [4.69, 9.17) is 5.11 Å². The highest BCUT2D eigenvalue weighted by Gasteiger charge is 2.29. The molecule has 1 N–H and O–H groups in total. The first kappa shape index (κ1) is 13.7. The van der Waals surface area contributed by atoms with Crippen LogP contribution in [0.1, 0.15) is 16.2 Å². The molecule has 0 atom stereocenters. The molecule has 0 radical (unpaired) electrons. The van der Waals surface area contributed by atoms with Gasteiger partial charge in [0.25, 0.3) is 0 Å². The van der Waals surface area contributed by atoms with E-state index in [0.29, 0.717) is 18.9 Å². The standard InChI is InChI=1S/C12H12N4O4S/c17-12(18)9-2-1-3-10(6-9)21(19,20)16-5-4-15-8-13-14-11(15)7-16/h1-3,6,8H,4-5,7H2,(H,17,18). The molecule has 1 aliphatic heterocycles. The van der Waals surface area contributed by atoms with Crippen molar-refractivity contribution < 1.29 is 18.3 Å². The Morgan fingerprint density at radius 2 is 2.10 bits per heavy atom. The monoisotopic (exact) mass is 308 g/mol. The third-order valence-corrected chi connectivity index (χ3v) is 5.16. The second-order valence-electron chi connectivity index (χ2n) is 4.61. The zero-order chi connectivity index (χ0) is 15.0. The molecule has 0 saturated carbocycles. The number of hydrogen-bond acceptors (Lipinski definition) is 5. The number of aromatic carboxylic acids is 1. The number of carbonyl (C=O) groups is 1. The van der Waals surface area contributed by atoms with Gasteiger partial charge in [-0.05, 0) is 18.2 Å². The quantitative estimate of drug-likeness (QED) is 0.867. The predicted molar refractivity (Wildman–Crippen MR) is 71.0 cm³/mol. The summed E-state index contributed by atoms with van der Waals surface area (Å²) >= 11 is 0. The maximum absolute atomic E-state index is 12.6. The highest BCUT2D eigenvalue weighted by Crippen LogP contribution is 2.21. The Morgan fingerprint density at radius 1 is 1.29 bits per heavy atom. The number of fused-ring (bicyclic) bond motifs is 1. The molecule has 0 bridgehead atoms. The van der Waals surface area contributed by atoms with Crippen molar-refractivity contribution in [2.75, 3.05) is 6.54 Å². The second kappa shape index (κ2) is 4.93. The number of carboxylic acid groups (broad SMARTS) is 1. The first-order valence-corrected chi connectivity index (χ1v) is 7.63. The minimum Gasteiger partial charge on any atom is -0.478 e. The van der Waals surface area contributed by atoms with Gasteiger partial charge in [-0.3, -0.25) is 0 Å². The Kier molecular flexibility index (Phi) is 3.22. The van der Waals surface area contributed by atoms with Crippen LogP contribution in [-0.2, 0) is 23.1 Å². The van der Waals surface area contributed by atoms with E-state index in [2.05, 4.69) is 10.2 Å². The van der Waals surface area contributed by atoms with Crippen LogP contribution in [0.25, 0.3) is 0 Å². The Hall–Kier alpha value is -2.26. The van der Waals surface area contributed by atoms with Gasteiger partial charge in [0.15, 0.2) is 0 Å². The van der Waals surface area contributed by atoms with Crippen LogP contribution in [0.15, 0.2) is 35.5 Å². The van der Waals surface area contributed by atoms with Gasteiger partial charge in [-0.1, -0.05) is 6.07 Å². The number of nitrogens with zero attached hydrogens (tertiary/aromatic N) is 4. The first-order valence-electron chi connectivity index (χ1n) is 6.18. The Morgan fingerprint density at radius 3 is 2.86 bits per heavy atom. The summed E-state index contributed by atoms with van der Waals surface area (Å²) in [5, 5.41) is 16.6. The molecule has 0 amide bonds. The summed E-state index contributed by atoms with van der Waals surface area (Å²) in [6.45, 7) is 0.893. The first-order chi connectivity index (χ1) is 9.98. The minimum atomic E-state index is -3.75. The summed E-state index contributed by atoms with van der Waals surface area (Å²) < 4.78 is 28.2. The molecular formula is C12H12N4O4S. The maximum atomic E-state index is 12.6. The van der Waals surface area contributed by atoms with Gasteiger partial charge >= 0.3 is 5.97 Å². The van der Waals surface area contributed by atoms with Gasteiger partial charge in [-0.15, -0.1) is 10.2 Å². The molecule has 1 aromatic carbocycles. The Balaban J connectivity index is 1.94. The molecule has 2 heterocycles. The fourth-order valence-electron chi connectivity index (χ4n) is 2.19. The van der Waals surface area contributed by atoms with Crippen molar-refractivity contribution in [3.8, 4) is 0 Å². The fourth-order valence-corrected chi connectivity index (χ4v) is 3.62. The number of hydrogen-bond donors (Lipinski definition) is 1. The smallest absolute Gasteiger partial charge is 0.335 e. The van der Waals surface area contributed by atoms with E-state index >= 15 is 0 Å². The van der Waals surface area contributed by atoms with Crippen LogP contribution in [0.4, 0.5) is 0 Å². The Bertz CT molecular complexity index is 799. The van der Waals surface area contributed by atoms with E-state index in [1.54, 1.807) is 10.9 Å². The van der Waals surface area contributed by atoms with Crippen molar-refractivity contribution in [2.45, 2.75) is 18.0 Å². The Labute approximate surface area is 120 Å². The molecular weight excluding hydrogens is 296 g/mol. The number of sulfonamides is 1. The molecule has 0 aliphatic carbocycles. The lowest BCUT2D eigenvalue weighted by Crippen LogP contribution is -2.38. The molecule has 2 aromatic rings. The molecule has 8 nitrogen and oxygen atoms in total. The molecule has 0 unspecified atom stereocenters. The lowest BCUT2D eigenvalue weighted by atomic mass is 10.2. The zero-order valence-electron chi connectivity index (χ0n) is 10.9. The fraction of sp³-hybridized carbons (Fsp3) is 0.250. The van der Waals surface area contributed by atoms with E-state index in [1.165, 1.54) is 22.5 Å². The number of benzene rings is 1. The van der Waals surface area contributed by atoms with Gasteiger partial charge < -0.3 is 9.67 Å². The van der Waals surface area contributed by atoms with Crippen LogP contribution in [0.5, 0.6) is 0 Å². The van der Waals surface area contributed by atoms with Gasteiger partial charge in [-0.25, -0.2) is 13.2 Å². The lowest BCUT2D eigenvalue weighted by molar-refractivity contribution is 0.0696. The number of carboxylic acids is 1. The van der Waals surface area contributed by atoms with E-state index in [9.17, 15) is 13.2 Å². The third kappa shape index (κ3) is 2.41. The van der Waals surface area contributed by atoms with Gasteiger partial charge in [0.2, 0.25) is 10.0 Å². The van der Waals surface area contributed by atoms with E-state index in [1.807, 2.05) is 0 Å². The number of aromatic nitrogens is 3. The molecule has 0 fully saturated rings. The average molecular weight is 308 g/mol. The lowest BCUT2D eigenvalue weighted by Gasteiger charge is -2.26. The largest absolute Gasteiger partial charge is 0.478 e. The normalized spacial score (nSPS) is 15.6. The summed E-state index contributed by atoms with van der Waals surface area (Å²) in [4.78, 5) is 10.9. The second-order valence-corrected chi connectivity index (χ2v) is 6.55. The van der Waals surface area contributed by atoms with Crippen molar-refractivity contribution in [1.82, 2.24) is 19.1 Å². The summed E-state index contributed by atoms with van der Waals surface area (Å²) in [7, 11) is -3.75. The van der Waals surface area contributed by atoms with Crippen LogP contribution >= 0.6 is 0 Å². The van der Waals surface area contributed by atoms with Crippen LogP contribution in [-0.4, -0.2) is 45.1 Å². The molecule has 9 heteroatoms. The van der Waals surface area contributed by atoms with Crippen molar-refractivity contribution in [2.24, 2.45) is 0 Å². The van der Waals surface area contributed by atoms with E-state index in [-0.39, 0.29) is 17.0 Å². The molecule has 3 rings (SSSR count). The van der Waals surface area contributed by atoms with Gasteiger partial charge in [0.05, 0.1) is 17.0 Å². The minimum absolute atomic E-state index is 0.0321. The van der Waals surface area contributed by atoms with Crippen LogP contribution in [0.2, 0.25) is 0 Å². The SMILES string of the molecule is O=C(O)c1cccc(S(=O)(=O)N2CCn3cnnc3C2)c1. The van der Waals surface area contributed by atoms with Crippen molar-refractivity contribution in [3.05, 3.63) is 42.0 Å². The zero-order valence-corrected chi connectivity index (χ0v) is 11.7. The van der Waals surface area contributed by atoms with Gasteiger partial charge in [0.1, 0.15) is 12.2 Å². The van der Waals surface area contributed by atoms with Crippen LogP contribution in [0.3, 0.4) is 0 Å². The highest BCUT2D eigenvalue weighted by molar-refractivity contribution is 7.89. The number of rotatable bonds is 3. The summed E-state index contributed by atoms with van der Waals surface area (Å²) in [6.07, 6.45) is 1.56. The summed E-state index contributed by atoms with van der Waals surface area (Å²) in [5.41, 5.74) is -0.0590. The average Bonchev–Trinajstić information content (AvgIpc) is 2.94. The molecule has 1 aromatic heterocycles. The molecule has 0 saturated heterocycles. The van der Waals surface area contributed by atoms with Crippen molar-refractivity contribution in [3.63, 3.8) is 0 Å². The molecule has 0 spiro atoms. The summed E-state index contributed by atoms with van der Waals surface area (Å²) in [6, 6.07) is 5.33. The highest BCUT2D eigenvalue weighted by atomic mass is 32.2. The van der Waals surface area contributed by atoms with Crippen molar-refractivity contribution in [1.29, 1.82) is 0 Å². The molecule has 21 heavy (non-hydrogen) atoms. The molecule has 1 aliphatic rings. The van der Waals surface area contributed by atoms with Gasteiger partial charge in [0, 0.05) is 13.1 Å². The van der Waals surface area contributed by atoms with Crippen LogP contribution in [0, 0.1) is 0 Å². The van der Waals surface area contributed by atoms with E-state index in [0.717, 1.165) is 6.07 Å². The maximum Gasteiger partial charge on any atom is 0.335 e. The van der Waals surface area contributed by atoms with Crippen LogP contribution < -0.4 is 0 Å². The molecule has 110 valence electrons. The third-order valence-electron chi connectivity index (χ3n) is 3.32. The topological polar surface area (TPSA) is 105 Å². The summed E-state index contributed by atoms with van der Waals surface area (Å²) in [5.74, 6) is -0.593. The van der Waals surface area contributed by atoms with Gasteiger partial charge in [-0.2, -0.15) is 4.31 Å². The van der Waals surface area contributed by atoms with E-state index < -0.39 is 16.0 Å². The van der Waals surface area contributed by atoms with Crippen molar-refractivity contribution >= 4 is 16.0 Å². The predicted octanol–water partition coefficient (Wildman–Crippen LogP) is 0.181.